The summed E-state index contributed by atoms with van der Waals surface area (Å²) in [5, 5.41) is 5.78. The van der Waals surface area contributed by atoms with E-state index >= 15 is 0 Å². The molecule has 22 heavy (non-hydrogen) atoms. The highest BCUT2D eigenvalue weighted by atomic mass is 16.2. The highest BCUT2D eigenvalue weighted by Gasteiger charge is 2.28. The molecule has 0 aromatic heterocycles. The van der Waals surface area contributed by atoms with Crippen molar-refractivity contribution in [3.05, 3.63) is 35.9 Å². The quantitative estimate of drug-likeness (QED) is 0.864. The normalized spacial score (nSPS) is 22.4. The molecule has 1 fully saturated rings. The lowest BCUT2D eigenvalue weighted by molar-refractivity contribution is -0.123. The number of amides is 2. The SMILES string of the molecule is C[C@H](NC(=O)c1ccccc1)C(=O)N[C@@H]1CC[C@@H](N(C)C)C1. The first-order valence-electron chi connectivity index (χ1n) is 7.80. The Balaban J connectivity index is 1.81. The number of hydrogen-bond acceptors (Lipinski definition) is 3. The smallest absolute Gasteiger partial charge is 0.251 e. The Morgan fingerprint density at radius 1 is 1.18 bits per heavy atom. The summed E-state index contributed by atoms with van der Waals surface area (Å²) < 4.78 is 0. The molecule has 0 bridgehead atoms. The number of rotatable bonds is 5. The van der Waals surface area contributed by atoms with E-state index in [1.807, 2.05) is 6.07 Å². The lowest BCUT2D eigenvalue weighted by atomic mass is 10.2. The van der Waals surface area contributed by atoms with Crippen molar-refractivity contribution in [2.75, 3.05) is 14.1 Å². The number of carbonyl (C=O) groups excluding carboxylic acids is 2. The van der Waals surface area contributed by atoms with E-state index in [1.165, 1.54) is 0 Å². The average molecular weight is 303 g/mol. The van der Waals surface area contributed by atoms with E-state index in [1.54, 1.807) is 31.2 Å². The van der Waals surface area contributed by atoms with Gasteiger partial charge in [0.1, 0.15) is 6.04 Å². The van der Waals surface area contributed by atoms with Crippen LogP contribution in [0.25, 0.3) is 0 Å². The summed E-state index contributed by atoms with van der Waals surface area (Å²) >= 11 is 0. The molecule has 1 aliphatic carbocycles. The van der Waals surface area contributed by atoms with Crippen molar-refractivity contribution in [2.24, 2.45) is 0 Å². The number of nitrogens with zero attached hydrogens (tertiary/aromatic N) is 1. The van der Waals surface area contributed by atoms with Crippen LogP contribution in [0.2, 0.25) is 0 Å². The molecule has 1 aliphatic rings. The fraction of sp³-hybridized carbons (Fsp3) is 0.529. The van der Waals surface area contributed by atoms with Gasteiger partial charge in [-0.1, -0.05) is 18.2 Å². The largest absolute Gasteiger partial charge is 0.352 e. The summed E-state index contributed by atoms with van der Waals surface area (Å²) in [4.78, 5) is 26.4. The fourth-order valence-electron chi connectivity index (χ4n) is 2.82. The van der Waals surface area contributed by atoms with E-state index in [9.17, 15) is 9.59 Å². The molecule has 3 atom stereocenters. The van der Waals surface area contributed by atoms with Crippen molar-refractivity contribution in [3.63, 3.8) is 0 Å². The summed E-state index contributed by atoms with van der Waals surface area (Å²) in [6.07, 6.45) is 3.06. The van der Waals surface area contributed by atoms with E-state index in [-0.39, 0.29) is 17.9 Å². The molecule has 1 saturated carbocycles. The molecule has 5 heteroatoms. The topological polar surface area (TPSA) is 61.4 Å². The zero-order chi connectivity index (χ0) is 16.1. The predicted molar refractivity (Wildman–Crippen MR) is 86.6 cm³/mol. The van der Waals surface area contributed by atoms with Crippen molar-refractivity contribution in [1.29, 1.82) is 0 Å². The zero-order valence-electron chi connectivity index (χ0n) is 13.5. The summed E-state index contributed by atoms with van der Waals surface area (Å²) in [6.45, 7) is 1.72. The van der Waals surface area contributed by atoms with Gasteiger partial charge in [-0.3, -0.25) is 9.59 Å². The van der Waals surface area contributed by atoms with Gasteiger partial charge in [0, 0.05) is 17.6 Å². The minimum atomic E-state index is -0.536. The minimum absolute atomic E-state index is 0.117. The number of hydrogen-bond donors (Lipinski definition) is 2. The highest BCUT2D eigenvalue weighted by Crippen LogP contribution is 2.22. The first-order valence-corrected chi connectivity index (χ1v) is 7.80. The summed E-state index contributed by atoms with van der Waals surface area (Å²) in [7, 11) is 4.13. The van der Waals surface area contributed by atoms with Crippen LogP contribution in [0.15, 0.2) is 30.3 Å². The van der Waals surface area contributed by atoms with Crippen molar-refractivity contribution >= 4 is 11.8 Å². The monoisotopic (exact) mass is 303 g/mol. The Bertz CT molecular complexity index is 516. The van der Waals surface area contributed by atoms with E-state index in [4.69, 9.17) is 0 Å². The van der Waals surface area contributed by atoms with Crippen LogP contribution >= 0.6 is 0 Å². The van der Waals surface area contributed by atoms with Crippen molar-refractivity contribution in [2.45, 2.75) is 44.3 Å². The third kappa shape index (κ3) is 4.31. The third-order valence-corrected chi connectivity index (χ3v) is 4.26. The molecule has 0 unspecified atom stereocenters. The van der Waals surface area contributed by atoms with Gasteiger partial charge in [0.15, 0.2) is 0 Å². The third-order valence-electron chi connectivity index (χ3n) is 4.26. The van der Waals surface area contributed by atoms with Gasteiger partial charge in [-0.25, -0.2) is 0 Å². The molecular formula is C17H25N3O2. The van der Waals surface area contributed by atoms with Gasteiger partial charge in [-0.15, -0.1) is 0 Å². The second kappa shape index (κ2) is 7.40. The van der Waals surface area contributed by atoms with Crippen molar-refractivity contribution in [1.82, 2.24) is 15.5 Å². The van der Waals surface area contributed by atoms with Crippen LogP contribution in [-0.4, -0.2) is 48.9 Å². The molecule has 0 spiro atoms. The molecule has 120 valence electrons. The van der Waals surface area contributed by atoms with E-state index in [2.05, 4.69) is 29.6 Å². The molecule has 0 saturated heterocycles. The van der Waals surface area contributed by atoms with Crippen molar-refractivity contribution < 1.29 is 9.59 Å². The molecule has 0 radical (unpaired) electrons. The maximum absolute atomic E-state index is 12.2. The number of carbonyl (C=O) groups is 2. The fourth-order valence-corrected chi connectivity index (χ4v) is 2.82. The van der Waals surface area contributed by atoms with Gasteiger partial charge in [0.25, 0.3) is 5.91 Å². The molecule has 5 nitrogen and oxygen atoms in total. The molecule has 0 heterocycles. The van der Waals surface area contributed by atoms with Crippen LogP contribution in [0.5, 0.6) is 0 Å². The summed E-state index contributed by atoms with van der Waals surface area (Å²) in [5.41, 5.74) is 0.565. The average Bonchev–Trinajstić information content (AvgIpc) is 2.96. The molecule has 2 amide bonds. The van der Waals surface area contributed by atoms with Crippen LogP contribution < -0.4 is 10.6 Å². The number of nitrogens with one attached hydrogen (secondary N) is 2. The summed E-state index contributed by atoms with van der Waals surface area (Å²) in [5.74, 6) is -0.338. The molecule has 2 rings (SSSR count). The van der Waals surface area contributed by atoms with E-state index in [0.29, 0.717) is 11.6 Å². The second-order valence-electron chi connectivity index (χ2n) is 6.20. The maximum atomic E-state index is 12.2. The van der Waals surface area contributed by atoms with Crippen LogP contribution in [0.4, 0.5) is 0 Å². The van der Waals surface area contributed by atoms with Crippen LogP contribution in [-0.2, 0) is 4.79 Å². The van der Waals surface area contributed by atoms with Crippen molar-refractivity contribution in [3.8, 4) is 0 Å². The minimum Gasteiger partial charge on any atom is -0.352 e. The van der Waals surface area contributed by atoms with E-state index in [0.717, 1.165) is 19.3 Å². The molecule has 1 aromatic carbocycles. The van der Waals surface area contributed by atoms with Crippen LogP contribution in [0, 0.1) is 0 Å². The molecule has 2 N–H and O–H groups in total. The summed E-state index contributed by atoms with van der Waals surface area (Å²) in [6, 6.07) is 9.13. The van der Waals surface area contributed by atoms with Gasteiger partial charge in [0.2, 0.25) is 5.91 Å². The van der Waals surface area contributed by atoms with Gasteiger partial charge < -0.3 is 15.5 Å². The molecule has 0 aliphatic heterocycles. The lowest BCUT2D eigenvalue weighted by Crippen LogP contribution is -2.47. The molecule has 1 aromatic rings. The highest BCUT2D eigenvalue weighted by molar-refractivity contribution is 5.97. The Kier molecular flexibility index (Phi) is 5.55. The van der Waals surface area contributed by atoms with Gasteiger partial charge >= 0.3 is 0 Å². The molecular weight excluding hydrogens is 278 g/mol. The Morgan fingerprint density at radius 3 is 2.45 bits per heavy atom. The standard InChI is InChI=1S/C17H25N3O2/c1-12(18-17(22)13-7-5-4-6-8-13)16(21)19-14-9-10-15(11-14)20(2)3/h4-8,12,14-15H,9-11H2,1-3H3,(H,18,22)(H,19,21)/t12-,14+,15+/m0/s1. The first kappa shape index (κ1) is 16.5. The Morgan fingerprint density at radius 2 is 1.86 bits per heavy atom. The number of benzene rings is 1. The first-order chi connectivity index (χ1) is 10.5. The van der Waals surface area contributed by atoms with Gasteiger partial charge in [-0.2, -0.15) is 0 Å². The van der Waals surface area contributed by atoms with E-state index < -0.39 is 6.04 Å². The van der Waals surface area contributed by atoms with Gasteiger partial charge in [0.05, 0.1) is 0 Å². The zero-order valence-corrected chi connectivity index (χ0v) is 13.5. The van der Waals surface area contributed by atoms with Gasteiger partial charge in [-0.05, 0) is 52.4 Å². The maximum Gasteiger partial charge on any atom is 0.251 e. The Labute approximate surface area is 132 Å². The Hall–Kier alpha value is -1.88. The van der Waals surface area contributed by atoms with Crippen LogP contribution in [0.1, 0.15) is 36.5 Å². The van der Waals surface area contributed by atoms with Crippen LogP contribution in [0.3, 0.4) is 0 Å². The lowest BCUT2D eigenvalue weighted by Gasteiger charge is -2.20. The predicted octanol–water partition coefficient (Wildman–Crippen LogP) is 1.40. The second-order valence-corrected chi connectivity index (χ2v) is 6.20.